The molecule has 0 saturated heterocycles. The van der Waals surface area contributed by atoms with Gasteiger partial charge < -0.3 is 9.32 Å². The van der Waals surface area contributed by atoms with Gasteiger partial charge in [0, 0.05) is 58.3 Å². The summed E-state index contributed by atoms with van der Waals surface area (Å²) in [6.07, 6.45) is 0. The van der Waals surface area contributed by atoms with E-state index in [9.17, 15) is 0 Å². The van der Waals surface area contributed by atoms with Crippen LogP contribution in [0.3, 0.4) is 0 Å². The van der Waals surface area contributed by atoms with Crippen LogP contribution in [0.15, 0.2) is 45.7 Å². The monoisotopic (exact) mass is 443 g/mol. The highest BCUT2D eigenvalue weighted by Crippen LogP contribution is 2.40. The van der Waals surface area contributed by atoms with Crippen LogP contribution in [0.25, 0.3) is 22.3 Å². The molecule has 0 fully saturated rings. The number of hydrogen-bond donors (Lipinski definition) is 0. The number of fused-ring (bicyclic) bond motifs is 2. The zero-order valence-electron chi connectivity index (χ0n) is 19.0. The minimum absolute atomic E-state index is 0.981. The number of anilines is 1. The Balaban J connectivity index is 2.20. The van der Waals surface area contributed by atoms with E-state index in [2.05, 4.69) is 80.5 Å². The SMILES string of the molecule is CCSCCSc1c2ccc(=[N+](CC)CC)cc-2oc2cc(N(CC)CC)ccc12. The lowest BCUT2D eigenvalue weighted by atomic mass is 10.1. The van der Waals surface area contributed by atoms with Crippen molar-refractivity contribution in [1.82, 2.24) is 4.58 Å². The van der Waals surface area contributed by atoms with Gasteiger partial charge in [-0.3, -0.25) is 0 Å². The molecule has 1 aromatic rings. The van der Waals surface area contributed by atoms with Crippen LogP contribution >= 0.6 is 23.5 Å². The van der Waals surface area contributed by atoms with Crippen LogP contribution in [-0.4, -0.2) is 43.4 Å². The van der Waals surface area contributed by atoms with Gasteiger partial charge in [-0.25, -0.2) is 4.58 Å². The van der Waals surface area contributed by atoms with Gasteiger partial charge in [0.1, 0.15) is 24.4 Å². The largest absolute Gasteiger partial charge is 0.456 e. The van der Waals surface area contributed by atoms with Gasteiger partial charge in [0.25, 0.3) is 0 Å². The van der Waals surface area contributed by atoms with Crippen molar-refractivity contribution in [1.29, 1.82) is 0 Å². The molecular weight excluding hydrogens is 408 g/mol. The Morgan fingerprint density at radius 2 is 1.67 bits per heavy atom. The van der Waals surface area contributed by atoms with Crippen molar-refractivity contribution in [2.45, 2.75) is 39.5 Å². The molecular formula is C25H35N2OS2+. The van der Waals surface area contributed by atoms with E-state index < -0.39 is 0 Å². The van der Waals surface area contributed by atoms with Crippen molar-refractivity contribution in [3.8, 4) is 11.3 Å². The smallest absolute Gasteiger partial charge is 0.203 e. The summed E-state index contributed by atoms with van der Waals surface area (Å²) in [5.74, 6) is 4.44. The minimum Gasteiger partial charge on any atom is -0.456 e. The molecule has 30 heavy (non-hydrogen) atoms. The molecule has 0 aromatic heterocycles. The molecule has 1 heterocycles. The van der Waals surface area contributed by atoms with E-state index in [-0.39, 0.29) is 0 Å². The van der Waals surface area contributed by atoms with E-state index in [4.69, 9.17) is 4.42 Å². The van der Waals surface area contributed by atoms with Crippen molar-refractivity contribution in [3.63, 3.8) is 0 Å². The molecule has 1 aromatic carbocycles. The second-order valence-electron chi connectivity index (χ2n) is 7.18. The molecule has 0 unspecified atom stereocenters. The maximum atomic E-state index is 6.50. The summed E-state index contributed by atoms with van der Waals surface area (Å²) in [5.41, 5.74) is 3.43. The fourth-order valence-corrected chi connectivity index (χ4v) is 5.85. The van der Waals surface area contributed by atoms with E-state index in [0.29, 0.717) is 0 Å². The standard InChI is InChI=1S/C25H35N2OS2/c1-6-26(7-2)19-11-13-21-23(17-19)28-24-18-20(27(8-3)9-4)12-14-22(24)25(21)30-16-15-29-10-5/h11-14,17-18H,6-10,15-16H2,1-5H3/q+1. The zero-order valence-corrected chi connectivity index (χ0v) is 20.7. The Labute approximate surface area is 189 Å². The maximum Gasteiger partial charge on any atom is 0.203 e. The Hall–Kier alpha value is -1.59. The van der Waals surface area contributed by atoms with Crippen LogP contribution in [0.5, 0.6) is 0 Å². The summed E-state index contributed by atoms with van der Waals surface area (Å²) in [5, 5.41) is 2.45. The van der Waals surface area contributed by atoms with E-state index >= 15 is 0 Å². The summed E-state index contributed by atoms with van der Waals surface area (Å²) >= 11 is 3.97. The lowest BCUT2D eigenvalue weighted by Crippen LogP contribution is -2.29. The van der Waals surface area contributed by atoms with Gasteiger partial charge in [0.05, 0.1) is 6.07 Å². The van der Waals surface area contributed by atoms with Crippen LogP contribution in [-0.2, 0) is 0 Å². The summed E-state index contributed by atoms with van der Waals surface area (Å²) in [4.78, 5) is 3.72. The first kappa shape index (κ1) is 23.1. The van der Waals surface area contributed by atoms with Gasteiger partial charge in [-0.1, -0.05) is 6.92 Å². The van der Waals surface area contributed by atoms with Crippen LogP contribution in [0, 0.1) is 0 Å². The Morgan fingerprint density at radius 1 is 0.900 bits per heavy atom. The first-order chi connectivity index (χ1) is 14.7. The molecule has 0 spiro atoms. The fraction of sp³-hybridized carbons (Fsp3) is 0.480. The first-order valence-electron chi connectivity index (χ1n) is 11.2. The van der Waals surface area contributed by atoms with Gasteiger partial charge >= 0.3 is 0 Å². The third-order valence-electron chi connectivity index (χ3n) is 5.57. The second-order valence-corrected chi connectivity index (χ2v) is 9.68. The van der Waals surface area contributed by atoms with Crippen LogP contribution in [0.4, 0.5) is 5.69 Å². The number of nitrogens with zero attached hydrogens (tertiary/aromatic N) is 2. The molecule has 1 aliphatic heterocycles. The van der Waals surface area contributed by atoms with Crippen LogP contribution < -0.4 is 14.8 Å². The van der Waals surface area contributed by atoms with Gasteiger partial charge in [-0.15, -0.1) is 11.8 Å². The highest BCUT2D eigenvalue weighted by Gasteiger charge is 2.18. The molecule has 3 rings (SSSR count). The first-order valence-corrected chi connectivity index (χ1v) is 13.3. The van der Waals surface area contributed by atoms with E-state index in [0.717, 1.165) is 43.3 Å². The van der Waals surface area contributed by atoms with Crippen molar-refractivity contribution >= 4 is 40.2 Å². The van der Waals surface area contributed by atoms with Gasteiger partial charge in [-0.05, 0) is 51.6 Å². The number of rotatable bonds is 10. The van der Waals surface area contributed by atoms with Crippen LogP contribution in [0.1, 0.15) is 34.6 Å². The van der Waals surface area contributed by atoms with Gasteiger partial charge in [-0.2, -0.15) is 11.8 Å². The number of hydrogen-bond acceptors (Lipinski definition) is 4. The normalized spacial score (nSPS) is 11.4. The Bertz CT molecular complexity index is 1000. The molecule has 0 radical (unpaired) electrons. The number of thioether (sulfide) groups is 2. The topological polar surface area (TPSA) is 19.4 Å². The third-order valence-corrected chi connectivity index (χ3v) is 7.87. The van der Waals surface area contributed by atoms with Crippen molar-refractivity contribution in [2.24, 2.45) is 0 Å². The Morgan fingerprint density at radius 3 is 2.33 bits per heavy atom. The van der Waals surface area contributed by atoms with E-state index in [1.807, 2.05) is 23.5 Å². The van der Waals surface area contributed by atoms with E-state index in [1.54, 1.807) is 0 Å². The molecule has 0 atom stereocenters. The lowest BCUT2D eigenvalue weighted by Gasteiger charge is -2.22. The quantitative estimate of drug-likeness (QED) is 0.165. The highest BCUT2D eigenvalue weighted by molar-refractivity contribution is 8.03. The van der Waals surface area contributed by atoms with Crippen molar-refractivity contribution < 1.29 is 4.42 Å². The molecule has 0 bridgehead atoms. The third kappa shape index (κ3) is 5.00. The minimum atomic E-state index is 0.981. The summed E-state index contributed by atoms with van der Waals surface area (Å²) in [6.45, 7) is 15.0. The molecule has 0 N–H and O–H groups in total. The summed E-state index contributed by atoms with van der Waals surface area (Å²) in [7, 11) is 0. The van der Waals surface area contributed by atoms with Gasteiger partial charge in [0.2, 0.25) is 5.36 Å². The average molecular weight is 444 g/mol. The summed E-state index contributed by atoms with van der Waals surface area (Å²) in [6, 6.07) is 13.4. The van der Waals surface area contributed by atoms with Gasteiger partial charge in [0.15, 0.2) is 0 Å². The summed E-state index contributed by atoms with van der Waals surface area (Å²) < 4.78 is 8.87. The molecule has 1 aliphatic carbocycles. The Kier molecular flexibility index (Phi) is 8.58. The molecule has 3 nitrogen and oxygen atoms in total. The molecule has 0 saturated carbocycles. The second kappa shape index (κ2) is 11.1. The molecule has 5 heteroatoms. The predicted molar refractivity (Wildman–Crippen MR) is 136 cm³/mol. The molecule has 0 amide bonds. The molecule has 2 aliphatic rings. The highest BCUT2D eigenvalue weighted by atomic mass is 32.2. The van der Waals surface area contributed by atoms with Crippen molar-refractivity contribution in [3.05, 3.63) is 41.8 Å². The fourth-order valence-electron chi connectivity index (χ4n) is 3.90. The zero-order chi connectivity index (χ0) is 21.5. The predicted octanol–water partition coefficient (Wildman–Crippen LogP) is 6.04. The molecule has 162 valence electrons. The van der Waals surface area contributed by atoms with Crippen LogP contribution in [0.2, 0.25) is 0 Å². The van der Waals surface area contributed by atoms with E-state index in [1.165, 1.54) is 38.4 Å². The average Bonchev–Trinajstić information content (AvgIpc) is 2.77. The number of benzene rings is 2. The maximum absolute atomic E-state index is 6.50. The van der Waals surface area contributed by atoms with Crippen molar-refractivity contribution in [2.75, 3.05) is 48.3 Å². The lowest BCUT2D eigenvalue weighted by molar-refractivity contribution is 0.602.